The summed E-state index contributed by atoms with van der Waals surface area (Å²) in [6.45, 7) is 0.725. The summed E-state index contributed by atoms with van der Waals surface area (Å²) in [7, 11) is 0. The minimum Gasteiger partial charge on any atom is -0.392 e. The van der Waals surface area contributed by atoms with Crippen molar-refractivity contribution < 1.29 is 5.11 Å². The number of hydrogen-bond donors (Lipinski definition) is 2. The second-order valence-corrected chi connectivity index (χ2v) is 4.05. The number of benzene rings is 2. The Morgan fingerprint density at radius 1 is 1.00 bits per heavy atom. The van der Waals surface area contributed by atoms with Crippen LogP contribution in [-0.4, -0.2) is 11.7 Å². The molecule has 2 aromatic carbocycles. The van der Waals surface area contributed by atoms with Gasteiger partial charge in [0, 0.05) is 0 Å². The van der Waals surface area contributed by atoms with E-state index in [1.54, 1.807) is 0 Å². The molecular formula is C15H17NO. The minimum absolute atomic E-state index is 0.0668. The summed E-state index contributed by atoms with van der Waals surface area (Å²) in [6.07, 6.45) is 0.884. The Morgan fingerprint density at radius 2 is 1.82 bits per heavy atom. The lowest BCUT2D eigenvalue weighted by Gasteiger charge is -2.09. The molecule has 0 radical (unpaired) electrons. The maximum Gasteiger partial charge on any atom is 0.0687 e. The van der Waals surface area contributed by atoms with E-state index in [0.29, 0.717) is 6.54 Å². The van der Waals surface area contributed by atoms with E-state index in [1.807, 2.05) is 30.3 Å². The van der Waals surface area contributed by atoms with Gasteiger partial charge in [-0.05, 0) is 35.2 Å². The molecule has 0 fully saturated rings. The Labute approximate surface area is 102 Å². The molecule has 0 aliphatic carbocycles. The van der Waals surface area contributed by atoms with E-state index in [-0.39, 0.29) is 6.61 Å². The summed E-state index contributed by atoms with van der Waals surface area (Å²) < 4.78 is 0. The Morgan fingerprint density at radius 3 is 2.59 bits per heavy atom. The van der Waals surface area contributed by atoms with Gasteiger partial charge < -0.3 is 10.8 Å². The molecule has 2 rings (SSSR count). The van der Waals surface area contributed by atoms with Gasteiger partial charge in [-0.1, -0.05) is 48.5 Å². The molecule has 0 amide bonds. The molecule has 2 nitrogen and oxygen atoms in total. The Kier molecular flexibility index (Phi) is 3.91. The van der Waals surface area contributed by atoms with Crippen LogP contribution in [0, 0.1) is 0 Å². The highest BCUT2D eigenvalue weighted by Gasteiger charge is 2.03. The Hall–Kier alpha value is -1.64. The summed E-state index contributed by atoms with van der Waals surface area (Å²) >= 11 is 0. The van der Waals surface area contributed by atoms with Crippen LogP contribution in [0.25, 0.3) is 11.1 Å². The van der Waals surface area contributed by atoms with Gasteiger partial charge in [0.2, 0.25) is 0 Å². The van der Waals surface area contributed by atoms with E-state index in [9.17, 15) is 5.11 Å². The van der Waals surface area contributed by atoms with Crippen LogP contribution in [0.2, 0.25) is 0 Å². The van der Waals surface area contributed by atoms with Gasteiger partial charge in [-0.15, -0.1) is 0 Å². The molecule has 0 saturated heterocycles. The summed E-state index contributed by atoms with van der Waals surface area (Å²) in [5.41, 5.74) is 9.99. The largest absolute Gasteiger partial charge is 0.392 e. The first-order valence-corrected chi connectivity index (χ1v) is 5.83. The van der Waals surface area contributed by atoms with Crippen LogP contribution in [0.4, 0.5) is 0 Å². The summed E-state index contributed by atoms with van der Waals surface area (Å²) in [5, 5.41) is 9.33. The highest BCUT2D eigenvalue weighted by atomic mass is 16.3. The predicted molar refractivity (Wildman–Crippen MR) is 70.6 cm³/mol. The third-order valence-corrected chi connectivity index (χ3v) is 2.86. The van der Waals surface area contributed by atoms with Crippen LogP contribution >= 0.6 is 0 Å². The van der Waals surface area contributed by atoms with Gasteiger partial charge in [-0.2, -0.15) is 0 Å². The van der Waals surface area contributed by atoms with Crippen molar-refractivity contribution in [1.29, 1.82) is 0 Å². The molecule has 0 aliphatic rings. The molecule has 3 N–H and O–H groups in total. The third-order valence-electron chi connectivity index (χ3n) is 2.86. The van der Waals surface area contributed by atoms with Crippen LogP contribution in [0.5, 0.6) is 0 Å². The van der Waals surface area contributed by atoms with Crippen molar-refractivity contribution in [3.05, 3.63) is 59.7 Å². The fourth-order valence-corrected chi connectivity index (χ4v) is 2.00. The molecule has 88 valence electrons. The SMILES string of the molecule is NCCc1cccc(-c2ccccc2CO)c1. The van der Waals surface area contributed by atoms with Gasteiger partial charge in [0.05, 0.1) is 6.61 Å². The molecule has 0 aliphatic heterocycles. The zero-order chi connectivity index (χ0) is 12.1. The molecule has 0 spiro atoms. The lowest BCUT2D eigenvalue weighted by atomic mass is 9.98. The van der Waals surface area contributed by atoms with Gasteiger partial charge >= 0.3 is 0 Å². The molecule has 0 bridgehead atoms. The first-order valence-electron chi connectivity index (χ1n) is 5.83. The molecule has 0 unspecified atom stereocenters. The van der Waals surface area contributed by atoms with Crippen LogP contribution in [0.15, 0.2) is 48.5 Å². The van der Waals surface area contributed by atoms with Gasteiger partial charge in [-0.25, -0.2) is 0 Å². The smallest absolute Gasteiger partial charge is 0.0687 e. The van der Waals surface area contributed by atoms with Crippen molar-refractivity contribution in [3.8, 4) is 11.1 Å². The first-order chi connectivity index (χ1) is 8.35. The standard InChI is InChI=1S/C15H17NO/c16-9-8-12-4-3-6-13(10-12)15-7-2-1-5-14(15)11-17/h1-7,10,17H,8-9,11,16H2. The van der Waals surface area contributed by atoms with E-state index < -0.39 is 0 Å². The van der Waals surface area contributed by atoms with Crippen LogP contribution in [0.1, 0.15) is 11.1 Å². The van der Waals surface area contributed by atoms with Crippen molar-refractivity contribution in [3.63, 3.8) is 0 Å². The predicted octanol–water partition coefficient (Wildman–Crippen LogP) is 2.35. The highest BCUT2D eigenvalue weighted by Crippen LogP contribution is 2.24. The molecule has 2 aromatic rings. The summed E-state index contributed by atoms with van der Waals surface area (Å²) in [4.78, 5) is 0. The Bertz CT molecular complexity index is 494. The normalized spacial score (nSPS) is 10.5. The van der Waals surface area contributed by atoms with Crippen LogP contribution in [-0.2, 0) is 13.0 Å². The van der Waals surface area contributed by atoms with E-state index >= 15 is 0 Å². The molecule has 2 heteroatoms. The maximum atomic E-state index is 9.33. The van der Waals surface area contributed by atoms with Crippen LogP contribution < -0.4 is 5.73 Å². The third kappa shape index (κ3) is 2.73. The summed E-state index contributed by atoms with van der Waals surface area (Å²) in [6, 6.07) is 16.2. The minimum atomic E-state index is 0.0668. The van der Waals surface area contributed by atoms with Gasteiger partial charge in [0.1, 0.15) is 0 Å². The molecule has 0 aromatic heterocycles. The second kappa shape index (κ2) is 5.62. The van der Waals surface area contributed by atoms with Crippen molar-refractivity contribution in [2.24, 2.45) is 5.73 Å². The monoisotopic (exact) mass is 227 g/mol. The van der Waals surface area contributed by atoms with Gasteiger partial charge in [0.15, 0.2) is 0 Å². The van der Waals surface area contributed by atoms with Crippen LogP contribution in [0.3, 0.4) is 0 Å². The number of hydrogen-bond acceptors (Lipinski definition) is 2. The quantitative estimate of drug-likeness (QED) is 0.842. The van der Waals surface area contributed by atoms with Crippen molar-refractivity contribution in [2.75, 3.05) is 6.54 Å². The maximum absolute atomic E-state index is 9.33. The Balaban J connectivity index is 2.41. The lowest BCUT2D eigenvalue weighted by Crippen LogP contribution is -2.02. The van der Waals surface area contributed by atoms with E-state index in [1.165, 1.54) is 5.56 Å². The van der Waals surface area contributed by atoms with E-state index in [2.05, 4.69) is 18.2 Å². The number of nitrogens with two attached hydrogens (primary N) is 1. The van der Waals surface area contributed by atoms with Gasteiger partial charge in [0.25, 0.3) is 0 Å². The first kappa shape index (κ1) is 11.8. The fraction of sp³-hybridized carbons (Fsp3) is 0.200. The van der Waals surface area contributed by atoms with Crippen molar-refractivity contribution in [1.82, 2.24) is 0 Å². The molecule has 0 atom stereocenters. The highest BCUT2D eigenvalue weighted by molar-refractivity contribution is 5.67. The number of rotatable bonds is 4. The summed E-state index contributed by atoms with van der Waals surface area (Å²) in [5.74, 6) is 0. The van der Waals surface area contributed by atoms with Gasteiger partial charge in [-0.3, -0.25) is 0 Å². The number of aliphatic hydroxyl groups is 1. The average molecular weight is 227 g/mol. The van der Waals surface area contributed by atoms with E-state index in [4.69, 9.17) is 5.73 Å². The zero-order valence-corrected chi connectivity index (χ0v) is 9.76. The second-order valence-electron chi connectivity index (χ2n) is 4.05. The fourth-order valence-electron chi connectivity index (χ4n) is 2.00. The molecular weight excluding hydrogens is 210 g/mol. The number of aliphatic hydroxyl groups excluding tert-OH is 1. The molecule has 17 heavy (non-hydrogen) atoms. The van der Waals surface area contributed by atoms with Crippen molar-refractivity contribution in [2.45, 2.75) is 13.0 Å². The average Bonchev–Trinajstić information content (AvgIpc) is 2.39. The topological polar surface area (TPSA) is 46.2 Å². The molecule has 0 heterocycles. The lowest BCUT2D eigenvalue weighted by molar-refractivity contribution is 0.282. The van der Waals surface area contributed by atoms with Crippen molar-refractivity contribution >= 4 is 0 Å². The van der Waals surface area contributed by atoms with E-state index in [0.717, 1.165) is 23.1 Å². The zero-order valence-electron chi connectivity index (χ0n) is 9.76. The molecule has 0 saturated carbocycles.